The molecule has 0 fully saturated rings. The Hall–Kier alpha value is -2.13. The molecule has 1 aliphatic rings. The predicted octanol–water partition coefficient (Wildman–Crippen LogP) is 2.78. The number of rotatable bonds is 2. The molecule has 0 atom stereocenters. The molecule has 102 valence electrons. The number of ketones is 1. The van der Waals surface area contributed by atoms with E-state index in [0.29, 0.717) is 6.54 Å². The maximum Gasteiger partial charge on any atom is 0.178 e. The van der Waals surface area contributed by atoms with Gasteiger partial charge in [0.15, 0.2) is 5.78 Å². The van der Waals surface area contributed by atoms with Gasteiger partial charge in [-0.1, -0.05) is 42.5 Å². The summed E-state index contributed by atoms with van der Waals surface area (Å²) in [7, 11) is 2.04. The van der Waals surface area contributed by atoms with Crippen LogP contribution in [-0.2, 0) is 6.54 Å². The van der Waals surface area contributed by atoms with Crippen molar-refractivity contribution in [3.8, 4) is 0 Å². The van der Waals surface area contributed by atoms with Gasteiger partial charge in [-0.25, -0.2) is 0 Å². The van der Waals surface area contributed by atoms with E-state index in [0.717, 1.165) is 24.5 Å². The first-order valence-corrected chi connectivity index (χ1v) is 6.83. The number of hydrogen-bond acceptors (Lipinski definition) is 3. The van der Waals surface area contributed by atoms with E-state index in [2.05, 4.69) is 21.9 Å². The molecule has 0 N–H and O–H groups in total. The third-order valence-electron chi connectivity index (χ3n) is 3.64. The fourth-order valence-electron chi connectivity index (χ4n) is 2.70. The molecule has 0 radical (unpaired) electrons. The number of benzene rings is 2. The van der Waals surface area contributed by atoms with Crippen molar-refractivity contribution in [3.63, 3.8) is 0 Å². The van der Waals surface area contributed by atoms with Crippen molar-refractivity contribution in [1.82, 2.24) is 4.90 Å². The summed E-state index contributed by atoms with van der Waals surface area (Å²) >= 11 is 0. The Morgan fingerprint density at radius 1 is 1.00 bits per heavy atom. The molecule has 0 bridgehead atoms. The molecule has 3 nitrogen and oxygen atoms in total. The number of carbonyl (C=O) groups is 1. The molecule has 0 saturated carbocycles. The SMILES string of the molecule is CN1CN(Cc2ccccc2)CC(=O)c2ccccc21. The highest BCUT2D eigenvalue weighted by Gasteiger charge is 2.22. The lowest BCUT2D eigenvalue weighted by atomic mass is 10.1. The Labute approximate surface area is 119 Å². The zero-order chi connectivity index (χ0) is 13.9. The number of anilines is 1. The van der Waals surface area contributed by atoms with E-state index in [1.54, 1.807) is 0 Å². The molecule has 0 aromatic heterocycles. The van der Waals surface area contributed by atoms with E-state index < -0.39 is 0 Å². The molecule has 3 heteroatoms. The number of nitrogens with zero attached hydrogens (tertiary/aromatic N) is 2. The predicted molar refractivity (Wildman–Crippen MR) is 80.9 cm³/mol. The fourth-order valence-corrected chi connectivity index (χ4v) is 2.70. The molecule has 2 aromatic carbocycles. The van der Waals surface area contributed by atoms with Gasteiger partial charge in [0.1, 0.15) is 0 Å². The number of fused-ring (bicyclic) bond motifs is 1. The monoisotopic (exact) mass is 266 g/mol. The highest BCUT2D eigenvalue weighted by Crippen LogP contribution is 2.23. The smallest absolute Gasteiger partial charge is 0.178 e. The minimum atomic E-state index is 0.195. The second kappa shape index (κ2) is 5.47. The third-order valence-corrected chi connectivity index (χ3v) is 3.64. The molecule has 0 amide bonds. The average Bonchev–Trinajstić information content (AvgIpc) is 2.58. The molecule has 0 unspecified atom stereocenters. The van der Waals surface area contributed by atoms with Gasteiger partial charge >= 0.3 is 0 Å². The van der Waals surface area contributed by atoms with Crippen LogP contribution in [0.4, 0.5) is 5.69 Å². The van der Waals surface area contributed by atoms with Crippen LogP contribution in [0.1, 0.15) is 15.9 Å². The lowest BCUT2D eigenvalue weighted by Crippen LogP contribution is -2.35. The summed E-state index contributed by atoms with van der Waals surface area (Å²) in [6, 6.07) is 18.1. The van der Waals surface area contributed by atoms with Crippen LogP contribution in [0.3, 0.4) is 0 Å². The Kier molecular flexibility index (Phi) is 3.52. The van der Waals surface area contributed by atoms with Crippen LogP contribution in [0.5, 0.6) is 0 Å². The van der Waals surface area contributed by atoms with E-state index in [4.69, 9.17) is 0 Å². The van der Waals surface area contributed by atoms with Crippen LogP contribution in [-0.4, -0.2) is 30.9 Å². The standard InChI is InChI=1S/C17H18N2O/c1-18-13-19(11-14-7-3-2-4-8-14)12-17(20)15-9-5-6-10-16(15)18/h2-10H,11-13H2,1H3. The molecule has 20 heavy (non-hydrogen) atoms. The summed E-state index contributed by atoms with van der Waals surface area (Å²) in [5.41, 5.74) is 3.08. The van der Waals surface area contributed by atoms with Gasteiger partial charge in [0.2, 0.25) is 0 Å². The first-order chi connectivity index (χ1) is 9.74. The maximum atomic E-state index is 12.4. The van der Waals surface area contributed by atoms with Crippen molar-refractivity contribution in [2.24, 2.45) is 0 Å². The quantitative estimate of drug-likeness (QED) is 0.835. The summed E-state index contributed by atoms with van der Waals surface area (Å²) in [4.78, 5) is 16.7. The first-order valence-electron chi connectivity index (χ1n) is 6.83. The lowest BCUT2D eigenvalue weighted by molar-refractivity contribution is 0.0935. The van der Waals surface area contributed by atoms with E-state index in [1.807, 2.05) is 49.5 Å². The van der Waals surface area contributed by atoms with E-state index in [9.17, 15) is 4.79 Å². The van der Waals surface area contributed by atoms with Gasteiger partial charge < -0.3 is 4.90 Å². The number of hydrogen-bond donors (Lipinski definition) is 0. The van der Waals surface area contributed by atoms with Gasteiger partial charge in [-0.15, -0.1) is 0 Å². The first kappa shape index (κ1) is 12.9. The molecule has 3 rings (SSSR count). The molecule has 0 spiro atoms. The van der Waals surface area contributed by atoms with Crippen LogP contribution in [0.25, 0.3) is 0 Å². The highest BCUT2D eigenvalue weighted by atomic mass is 16.1. The van der Waals surface area contributed by atoms with Crippen molar-refractivity contribution in [2.45, 2.75) is 6.54 Å². The second-order valence-corrected chi connectivity index (χ2v) is 5.25. The van der Waals surface area contributed by atoms with Crippen LogP contribution >= 0.6 is 0 Å². The van der Waals surface area contributed by atoms with Crippen molar-refractivity contribution in [2.75, 3.05) is 25.2 Å². The summed E-state index contributed by atoms with van der Waals surface area (Å²) < 4.78 is 0. The van der Waals surface area contributed by atoms with Gasteiger partial charge in [0.25, 0.3) is 0 Å². The van der Waals surface area contributed by atoms with Gasteiger partial charge in [-0.05, 0) is 17.7 Å². The van der Waals surface area contributed by atoms with Crippen LogP contribution in [0.2, 0.25) is 0 Å². The number of para-hydroxylation sites is 1. The second-order valence-electron chi connectivity index (χ2n) is 5.25. The van der Waals surface area contributed by atoms with Crippen LogP contribution in [0.15, 0.2) is 54.6 Å². The van der Waals surface area contributed by atoms with Gasteiger partial charge in [-0.2, -0.15) is 0 Å². The zero-order valence-corrected chi connectivity index (χ0v) is 11.6. The highest BCUT2D eigenvalue weighted by molar-refractivity contribution is 6.03. The largest absolute Gasteiger partial charge is 0.361 e. The minimum Gasteiger partial charge on any atom is -0.361 e. The lowest BCUT2D eigenvalue weighted by Gasteiger charge is -2.25. The van der Waals surface area contributed by atoms with Crippen LogP contribution in [0, 0.1) is 0 Å². The minimum absolute atomic E-state index is 0.195. The maximum absolute atomic E-state index is 12.4. The number of Topliss-reactive ketones (excluding diaryl/α,β-unsaturated/α-hetero) is 1. The molecule has 1 aliphatic heterocycles. The Morgan fingerprint density at radius 2 is 1.70 bits per heavy atom. The molecular weight excluding hydrogens is 248 g/mol. The molecule has 2 aromatic rings. The average molecular weight is 266 g/mol. The van der Waals surface area contributed by atoms with Crippen molar-refractivity contribution < 1.29 is 4.79 Å². The fraction of sp³-hybridized carbons (Fsp3) is 0.235. The Balaban J connectivity index is 1.83. The Morgan fingerprint density at radius 3 is 2.50 bits per heavy atom. The number of carbonyl (C=O) groups excluding carboxylic acids is 1. The molecule has 0 saturated heterocycles. The molecular formula is C17H18N2O. The summed E-state index contributed by atoms with van der Waals surface area (Å²) in [5, 5.41) is 0. The molecule has 0 aliphatic carbocycles. The van der Waals surface area contributed by atoms with Crippen molar-refractivity contribution in [1.29, 1.82) is 0 Å². The van der Waals surface area contributed by atoms with E-state index >= 15 is 0 Å². The van der Waals surface area contributed by atoms with Gasteiger partial charge in [0.05, 0.1) is 13.2 Å². The van der Waals surface area contributed by atoms with Crippen molar-refractivity contribution in [3.05, 3.63) is 65.7 Å². The summed E-state index contributed by atoms with van der Waals surface area (Å²) in [6.07, 6.45) is 0. The summed E-state index contributed by atoms with van der Waals surface area (Å²) in [5.74, 6) is 0.195. The summed E-state index contributed by atoms with van der Waals surface area (Å²) in [6.45, 7) is 2.03. The third kappa shape index (κ3) is 2.58. The van der Waals surface area contributed by atoms with Crippen LogP contribution < -0.4 is 4.90 Å². The zero-order valence-electron chi connectivity index (χ0n) is 11.6. The van der Waals surface area contributed by atoms with E-state index in [1.165, 1.54) is 5.56 Å². The van der Waals surface area contributed by atoms with Gasteiger partial charge in [0, 0.05) is 24.8 Å². The Bertz CT molecular complexity index is 609. The molecule has 1 heterocycles. The van der Waals surface area contributed by atoms with Gasteiger partial charge in [-0.3, -0.25) is 9.69 Å². The van der Waals surface area contributed by atoms with Crippen molar-refractivity contribution >= 4 is 11.5 Å². The van der Waals surface area contributed by atoms with E-state index in [-0.39, 0.29) is 5.78 Å². The normalized spacial score (nSPS) is 15.8. The topological polar surface area (TPSA) is 23.6 Å².